The van der Waals surface area contributed by atoms with E-state index in [4.69, 9.17) is 0 Å². The maximum Gasteiger partial charge on any atom is 0.260 e. The third-order valence-electron chi connectivity index (χ3n) is 5.23. The first kappa shape index (κ1) is 13.3. The Morgan fingerprint density at radius 2 is 1.85 bits per heavy atom. The summed E-state index contributed by atoms with van der Waals surface area (Å²) in [5.74, 6) is 0.868. The molecule has 0 radical (unpaired) electrons. The molecule has 2 fully saturated rings. The Kier molecular flexibility index (Phi) is 2.96. The van der Waals surface area contributed by atoms with Gasteiger partial charge in [0.25, 0.3) is 5.91 Å². The molecule has 2 aliphatic rings. The first-order valence-corrected chi connectivity index (χ1v) is 7.34. The van der Waals surface area contributed by atoms with Crippen molar-refractivity contribution in [2.75, 3.05) is 0 Å². The number of rotatable bonds is 1. The normalized spacial score (nSPS) is 31.4. The van der Waals surface area contributed by atoms with E-state index in [2.05, 4.69) is 13.8 Å². The Labute approximate surface area is 120 Å². The van der Waals surface area contributed by atoms with Crippen molar-refractivity contribution in [2.45, 2.75) is 39.7 Å². The monoisotopic (exact) mass is 271 g/mol. The molecular weight excluding hydrogens is 250 g/mol. The minimum Gasteiger partial charge on any atom is -0.276 e. The predicted octanol–water partition coefficient (Wildman–Crippen LogP) is 3.11. The van der Waals surface area contributed by atoms with Gasteiger partial charge in [-0.3, -0.25) is 14.5 Å². The van der Waals surface area contributed by atoms with Crippen molar-refractivity contribution >= 4 is 11.8 Å². The molecule has 20 heavy (non-hydrogen) atoms. The van der Waals surface area contributed by atoms with E-state index in [1.165, 1.54) is 4.90 Å². The van der Waals surface area contributed by atoms with Gasteiger partial charge < -0.3 is 0 Å². The summed E-state index contributed by atoms with van der Waals surface area (Å²) in [6.07, 6.45) is 1.45. The van der Waals surface area contributed by atoms with Crippen LogP contribution in [0.2, 0.25) is 0 Å². The van der Waals surface area contributed by atoms with Crippen LogP contribution in [0.1, 0.15) is 44.0 Å². The lowest BCUT2D eigenvalue weighted by atomic mass is 10.0. The maximum absolute atomic E-state index is 12.6. The van der Waals surface area contributed by atoms with Crippen molar-refractivity contribution in [2.24, 2.45) is 17.3 Å². The summed E-state index contributed by atoms with van der Waals surface area (Å²) >= 11 is 0. The van der Waals surface area contributed by atoms with Crippen LogP contribution in [-0.4, -0.2) is 22.8 Å². The summed E-state index contributed by atoms with van der Waals surface area (Å²) in [6, 6.07) is 9.09. The van der Waals surface area contributed by atoms with E-state index in [1.807, 2.05) is 25.1 Å². The van der Waals surface area contributed by atoms with Gasteiger partial charge in [0, 0.05) is 18.0 Å². The lowest BCUT2D eigenvalue weighted by molar-refractivity contribution is -0.130. The summed E-state index contributed by atoms with van der Waals surface area (Å²) in [5.41, 5.74) is 0.869. The number of benzene rings is 1. The summed E-state index contributed by atoms with van der Waals surface area (Å²) in [4.78, 5) is 26.5. The number of carbonyl (C=O) groups excluding carboxylic acids is 2. The molecule has 0 unspecified atom stereocenters. The molecule has 3 rings (SSSR count). The number of hydrogen-bond acceptors (Lipinski definition) is 2. The molecule has 0 spiro atoms. The van der Waals surface area contributed by atoms with Crippen LogP contribution >= 0.6 is 0 Å². The molecular formula is C17H21NO2. The minimum atomic E-state index is -0.151. The van der Waals surface area contributed by atoms with Crippen molar-refractivity contribution < 1.29 is 9.59 Å². The lowest BCUT2D eigenvalue weighted by Crippen LogP contribution is -2.43. The number of fused-ring (bicyclic) bond motifs is 1. The summed E-state index contributed by atoms with van der Waals surface area (Å²) < 4.78 is 0. The van der Waals surface area contributed by atoms with Crippen molar-refractivity contribution in [1.29, 1.82) is 0 Å². The van der Waals surface area contributed by atoms with E-state index in [0.717, 1.165) is 6.42 Å². The molecule has 3 heteroatoms. The SMILES string of the molecule is C[C@H]1C[C@H]2[C@@H](CC(=O)N1C(=O)c1ccccc1)C2(C)C. The van der Waals surface area contributed by atoms with Gasteiger partial charge in [0.1, 0.15) is 0 Å². The first-order chi connectivity index (χ1) is 9.43. The molecule has 0 aromatic heterocycles. The Morgan fingerprint density at radius 1 is 1.20 bits per heavy atom. The second kappa shape index (κ2) is 4.44. The van der Waals surface area contributed by atoms with Gasteiger partial charge in [-0.2, -0.15) is 0 Å². The van der Waals surface area contributed by atoms with Gasteiger partial charge >= 0.3 is 0 Å². The van der Waals surface area contributed by atoms with E-state index in [9.17, 15) is 9.59 Å². The standard InChI is InChI=1S/C17H21NO2/c1-11-9-13-14(17(13,2)3)10-15(19)18(11)16(20)12-7-5-4-6-8-12/h4-8,11,13-14H,9-10H2,1-3H3/t11-,13-,14+/m0/s1. The number of imide groups is 1. The van der Waals surface area contributed by atoms with Crippen LogP contribution in [0.5, 0.6) is 0 Å². The molecule has 1 heterocycles. The van der Waals surface area contributed by atoms with E-state index >= 15 is 0 Å². The zero-order valence-electron chi connectivity index (χ0n) is 12.3. The molecule has 1 aromatic carbocycles. The zero-order chi connectivity index (χ0) is 14.5. The van der Waals surface area contributed by atoms with Gasteiger partial charge in [-0.05, 0) is 42.7 Å². The quantitative estimate of drug-likeness (QED) is 0.736. The van der Waals surface area contributed by atoms with Gasteiger partial charge in [0.2, 0.25) is 5.91 Å². The van der Waals surface area contributed by atoms with Gasteiger partial charge in [0.05, 0.1) is 0 Å². The molecule has 106 valence electrons. The highest BCUT2D eigenvalue weighted by Gasteiger charge is 2.60. The van der Waals surface area contributed by atoms with Crippen LogP contribution < -0.4 is 0 Å². The number of amides is 2. The molecule has 1 aromatic rings. The largest absolute Gasteiger partial charge is 0.276 e. The smallest absolute Gasteiger partial charge is 0.260 e. The second-order valence-corrected chi connectivity index (χ2v) is 6.76. The highest BCUT2D eigenvalue weighted by molar-refractivity contribution is 6.05. The molecule has 0 bridgehead atoms. The highest BCUT2D eigenvalue weighted by Crippen LogP contribution is 2.63. The topological polar surface area (TPSA) is 37.4 Å². The fourth-order valence-electron chi connectivity index (χ4n) is 3.77. The lowest BCUT2D eigenvalue weighted by Gasteiger charge is -2.27. The van der Waals surface area contributed by atoms with Crippen molar-refractivity contribution in [3.8, 4) is 0 Å². The van der Waals surface area contributed by atoms with E-state index in [-0.39, 0.29) is 23.3 Å². The van der Waals surface area contributed by atoms with Crippen LogP contribution in [0.4, 0.5) is 0 Å². The molecule has 2 amide bonds. The fourth-order valence-corrected chi connectivity index (χ4v) is 3.77. The van der Waals surface area contributed by atoms with Gasteiger partial charge in [-0.1, -0.05) is 32.0 Å². The van der Waals surface area contributed by atoms with E-state index in [0.29, 0.717) is 23.8 Å². The van der Waals surface area contributed by atoms with Crippen LogP contribution in [0.25, 0.3) is 0 Å². The number of likely N-dealkylation sites (tertiary alicyclic amines) is 1. The Bertz CT molecular complexity index is 549. The first-order valence-electron chi connectivity index (χ1n) is 7.34. The van der Waals surface area contributed by atoms with Crippen LogP contribution in [-0.2, 0) is 4.79 Å². The minimum absolute atomic E-state index is 0.00742. The zero-order valence-corrected chi connectivity index (χ0v) is 12.3. The number of carbonyl (C=O) groups is 2. The average molecular weight is 271 g/mol. The molecule has 1 aliphatic heterocycles. The number of nitrogens with zero attached hydrogens (tertiary/aromatic N) is 1. The predicted molar refractivity (Wildman–Crippen MR) is 77.1 cm³/mol. The summed E-state index contributed by atoms with van der Waals surface area (Å²) in [5, 5.41) is 0. The Balaban J connectivity index is 1.84. The van der Waals surface area contributed by atoms with E-state index < -0.39 is 0 Å². The fraction of sp³-hybridized carbons (Fsp3) is 0.529. The van der Waals surface area contributed by atoms with Crippen molar-refractivity contribution in [3.05, 3.63) is 35.9 Å². The number of hydrogen-bond donors (Lipinski definition) is 0. The second-order valence-electron chi connectivity index (χ2n) is 6.76. The Morgan fingerprint density at radius 3 is 2.50 bits per heavy atom. The molecule has 0 N–H and O–H groups in total. The molecule has 1 saturated heterocycles. The summed E-state index contributed by atoms with van der Waals surface area (Å²) in [6.45, 7) is 6.46. The third kappa shape index (κ3) is 1.96. The van der Waals surface area contributed by atoms with Gasteiger partial charge in [0.15, 0.2) is 0 Å². The third-order valence-corrected chi connectivity index (χ3v) is 5.23. The Hall–Kier alpha value is -1.64. The van der Waals surface area contributed by atoms with Crippen molar-refractivity contribution in [1.82, 2.24) is 4.90 Å². The molecule has 1 aliphatic carbocycles. The maximum atomic E-state index is 12.6. The highest BCUT2D eigenvalue weighted by atomic mass is 16.2. The van der Waals surface area contributed by atoms with E-state index in [1.54, 1.807) is 12.1 Å². The van der Waals surface area contributed by atoms with Crippen LogP contribution in [0.3, 0.4) is 0 Å². The van der Waals surface area contributed by atoms with Gasteiger partial charge in [-0.25, -0.2) is 0 Å². The van der Waals surface area contributed by atoms with Crippen molar-refractivity contribution in [3.63, 3.8) is 0 Å². The van der Waals surface area contributed by atoms with Crippen LogP contribution in [0.15, 0.2) is 30.3 Å². The summed E-state index contributed by atoms with van der Waals surface area (Å²) in [7, 11) is 0. The molecule has 3 atom stereocenters. The molecule has 3 nitrogen and oxygen atoms in total. The van der Waals surface area contributed by atoms with Crippen LogP contribution in [0, 0.1) is 17.3 Å². The van der Waals surface area contributed by atoms with Gasteiger partial charge in [-0.15, -0.1) is 0 Å². The molecule has 1 saturated carbocycles. The average Bonchev–Trinajstić information content (AvgIpc) is 2.96.